The Kier molecular flexibility index (Phi) is 4.68. The summed E-state index contributed by atoms with van der Waals surface area (Å²) in [5.74, 6) is 1.67. The van der Waals surface area contributed by atoms with Gasteiger partial charge in [0.1, 0.15) is 0 Å². The third kappa shape index (κ3) is 2.96. The van der Waals surface area contributed by atoms with Crippen LogP contribution in [0.25, 0.3) is 0 Å². The molecule has 0 aromatic rings. The van der Waals surface area contributed by atoms with E-state index in [1.807, 2.05) is 0 Å². The number of allylic oxidation sites excluding steroid dienone is 1. The Labute approximate surface area is 166 Å². The number of aliphatic hydroxyl groups is 2. The molecule has 2 N–H and O–H groups in total. The lowest BCUT2D eigenvalue weighted by atomic mass is 9.44. The van der Waals surface area contributed by atoms with Gasteiger partial charge >= 0.3 is 0 Å². The maximum atomic E-state index is 11.8. The van der Waals surface area contributed by atoms with E-state index < -0.39 is 0 Å². The van der Waals surface area contributed by atoms with Crippen molar-refractivity contribution in [2.24, 2.45) is 39.9 Å². The van der Waals surface area contributed by atoms with Gasteiger partial charge in [-0.15, -0.1) is 0 Å². The SMILES string of the molecule is C/C1=C2\C[C@@H](O)[C@H](C)[C@@H]2[C@@H](O)[C@@]2(C)CC[C@]3(C)CCC(C)(C)C[C@H]3[C@@H]2CC1. The average molecular weight is 375 g/mol. The van der Waals surface area contributed by atoms with Crippen LogP contribution in [0.15, 0.2) is 11.1 Å². The van der Waals surface area contributed by atoms with E-state index in [1.54, 1.807) is 0 Å². The molecule has 27 heavy (non-hydrogen) atoms. The minimum atomic E-state index is -0.311. The summed E-state index contributed by atoms with van der Waals surface area (Å²) >= 11 is 0. The number of hydrogen-bond acceptors (Lipinski definition) is 2. The minimum Gasteiger partial charge on any atom is -0.392 e. The van der Waals surface area contributed by atoms with Gasteiger partial charge in [0.25, 0.3) is 0 Å². The van der Waals surface area contributed by atoms with Crippen molar-refractivity contribution >= 4 is 0 Å². The standard InChI is InChI=1S/C25H42O2/c1-15-7-8-18-19-14-23(3,4)9-10-24(19,5)11-12-25(18,6)22(27)21-16(2)20(26)13-17(15)21/h16,18-22,26-27H,7-14H2,1-6H3/b17-15-/t16-,18-,19-,20+,21-,22+,24-,25-/m0/s1. The van der Waals surface area contributed by atoms with Crippen molar-refractivity contribution in [2.75, 3.05) is 0 Å². The van der Waals surface area contributed by atoms with Crippen LogP contribution in [0.3, 0.4) is 0 Å². The normalized spacial score (nSPS) is 55.1. The van der Waals surface area contributed by atoms with Gasteiger partial charge in [-0.1, -0.05) is 45.8 Å². The summed E-state index contributed by atoms with van der Waals surface area (Å²) in [7, 11) is 0. The van der Waals surface area contributed by atoms with Crippen molar-refractivity contribution in [1.29, 1.82) is 0 Å². The monoisotopic (exact) mass is 374 g/mol. The predicted molar refractivity (Wildman–Crippen MR) is 111 cm³/mol. The third-order valence-corrected chi connectivity index (χ3v) is 10.0. The number of rotatable bonds is 0. The van der Waals surface area contributed by atoms with Crippen molar-refractivity contribution in [3.63, 3.8) is 0 Å². The molecule has 0 amide bonds. The third-order valence-electron chi connectivity index (χ3n) is 10.0. The molecule has 154 valence electrons. The van der Waals surface area contributed by atoms with Crippen LogP contribution in [0.4, 0.5) is 0 Å². The molecule has 0 heterocycles. The summed E-state index contributed by atoms with van der Waals surface area (Å²) in [5.41, 5.74) is 3.74. The van der Waals surface area contributed by atoms with Gasteiger partial charge in [-0.25, -0.2) is 0 Å². The summed E-state index contributed by atoms with van der Waals surface area (Å²) < 4.78 is 0. The molecule has 2 heteroatoms. The Hall–Kier alpha value is -0.340. The van der Waals surface area contributed by atoms with Crippen molar-refractivity contribution < 1.29 is 10.2 Å². The molecule has 4 aliphatic rings. The lowest BCUT2D eigenvalue weighted by Gasteiger charge is -2.62. The summed E-state index contributed by atoms with van der Waals surface area (Å²) in [6, 6.07) is 0. The zero-order chi connectivity index (χ0) is 19.8. The Balaban J connectivity index is 1.75. The molecule has 3 fully saturated rings. The number of aliphatic hydroxyl groups excluding tert-OH is 2. The van der Waals surface area contributed by atoms with Crippen LogP contribution < -0.4 is 0 Å². The van der Waals surface area contributed by atoms with Gasteiger partial charge in [-0.05, 0) is 92.3 Å². The predicted octanol–water partition coefficient (Wildman–Crippen LogP) is 5.72. The molecular formula is C25H42O2. The molecule has 0 bridgehead atoms. The van der Waals surface area contributed by atoms with Crippen LogP contribution in [-0.4, -0.2) is 22.4 Å². The van der Waals surface area contributed by atoms with Crippen LogP contribution in [0.1, 0.15) is 92.9 Å². The molecule has 0 aromatic carbocycles. The van der Waals surface area contributed by atoms with Gasteiger partial charge < -0.3 is 10.2 Å². The highest BCUT2D eigenvalue weighted by Gasteiger charge is 2.59. The second-order valence-electron chi connectivity index (χ2n) is 12.2. The van der Waals surface area contributed by atoms with E-state index in [9.17, 15) is 10.2 Å². The fraction of sp³-hybridized carbons (Fsp3) is 0.920. The van der Waals surface area contributed by atoms with Crippen molar-refractivity contribution in [3.05, 3.63) is 11.1 Å². The van der Waals surface area contributed by atoms with Crippen molar-refractivity contribution in [3.8, 4) is 0 Å². The number of hydrogen-bond donors (Lipinski definition) is 2. The number of fused-ring (bicyclic) bond motifs is 4. The first-order valence-corrected chi connectivity index (χ1v) is 11.5. The minimum absolute atomic E-state index is 0.00741. The Bertz CT molecular complexity index is 634. The zero-order valence-corrected chi connectivity index (χ0v) is 18.5. The first-order chi connectivity index (χ1) is 12.5. The maximum absolute atomic E-state index is 11.8. The molecule has 0 radical (unpaired) electrons. The second kappa shape index (κ2) is 6.33. The fourth-order valence-corrected chi connectivity index (χ4v) is 7.77. The van der Waals surface area contributed by atoms with Gasteiger partial charge in [0, 0.05) is 5.92 Å². The summed E-state index contributed by atoms with van der Waals surface area (Å²) in [5, 5.41) is 22.4. The first-order valence-electron chi connectivity index (χ1n) is 11.5. The highest BCUT2D eigenvalue weighted by molar-refractivity contribution is 5.27. The van der Waals surface area contributed by atoms with Gasteiger partial charge in [0.05, 0.1) is 12.2 Å². The Morgan fingerprint density at radius 2 is 1.59 bits per heavy atom. The molecule has 0 aliphatic heterocycles. The molecule has 2 nitrogen and oxygen atoms in total. The molecule has 0 unspecified atom stereocenters. The molecule has 4 rings (SSSR count). The van der Waals surface area contributed by atoms with Crippen LogP contribution in [0.2, 0.25) is 0 Å². The summed E-state index contributed by atoms with van der Waals surface area (Å²) in [6.07, 6.45) is 9.00. The summed E-state index contributed by atoms with van der Waals surface area (Å²) in [6.45, 7) is 14.3. The lowest BCUT2D eigenvalue weighted by Crippen LogP contribution is -2.56. The molecule has 0 saturated heterocycles. The van der Waals surface area contributed by atoms with E-state index in [2.05, 4.69) is 41.5 Å². The van der Waals surface area contributed by atoms with Crippen LogP contribution >= 0.6 is 0 Å². The van der Waals surface area contributed by atoms with Crippen molar-refractivity contribution in [2.45, 2.75) is 105 Å². The first kappa shape index (κ1) is 20.0. The van der Waals surface area contributed by atoms with Crippen LogP contribution in [0.5, 0.6) is 0 Å². The van der Waals surface area contributed by atoms with Gasteiger partial charge in [-0.2, -0.15) is 0 Å². The van der Waals surface area contributed by atoms with Gasteiger partial charge in [-0.3, -0.25) is 0 Å². The average Bonchev–Trinajstić information content (AvgIpc) is 2.89. The molecular weight excluding hydrogens is 332 g/mol. The van der Waals surface area contributed by atoms with Crippen LogP contribution in [0, 0.1) is 39.9 Å². The van der Waals surface area contributed by atoms with E-state index in [4.69, 9.17) is 0 Å². The van der Waals surface area contributed by atoms with E-state index >= 15 is 0 Å². The Morgan fingerprint density at radius 3 is 2.30 bits per heavy atom. The molecule has 0 aromatic heterocycles. The fourth-order valence-electron chi connectivity index (χ4n) is 7.77. The van der Waals surface area contributed by atoms with Gasteiger partial charge in [0.15, 0.2) is 0 Å². The smallest absolute Gasteiger partial charge is 0.0665 e. The maximum Gasteiger partial charge on any atom is 0.0665 e. The molecule has 8 atom stereocenters. The van der Waals surface area contributed by atoms with E-state index in [0.29, 0.717) is 16.7 Å². The largest absolute Gasteiger partial charge is 0.392 e. The zero-order valence-electron chi connectivity index (χ0n) is 18.5. The molecule has 0 spiro atoms. The Morgan fingerprint density at radius 1 is 0.926 bits per heavy atom. The van der Waals surface area contributed by atoms with Crippen molar-refractivity contribution in [1.82, 2.24) is 0 Å². The van der Waals surface area contributed by atoms with Gasteiger partial charge in [0.2, 0.25) is 0 Å². The van der Waals surface area contributed by atoms with E-state index in [-0.39, 0.29) is 29.5 Å². The molecule has 4 aliphatic carbocycles. The highest BCUT2D eigenvalue weighted by atomic mass is 16.3. The topological polar surface area (TPSA) is 40.5 Å². The quantitative estimate of drug-likeness (QED) is 0.532. The lowest BCUT2D eigenvalue weighted by molar-refractivity contribution is -0.152. The van der Waals surface area contributed by atoms with E-state index in [0.717, 1.165) is 25.2 Å². The molecule has 3 saturated carbocycles. The highest BCUT2D eigenvalue weighted by Crippen LogP contribution is 2.65. The second-order valence-corrected chi connectivity index (χ2v) is 12.2. The van der Waals surface area contributed by atoms with E-state index in [1.165, 1.54) is 43.3 Å². The van der Waals surface area contributed by atoms with Crippen LogP contribution in [-0.2, 0) is 0 Å². The summed E-state index contributed by atoms with van der Waals surface area (Å²) in [4.78, 5) is 0.